The van der Waals surface area contributed by atoms with Gasteiger partial charge >= 0.3 is 6.18 Å². The first kappa shape index (κ1) is 26.0. The highest BCUT2D eigenvalue weighted by molar-refractivity contribution is 14.0. The van der Waals surface area contributed by atoms with Gasteiger partial charge in [-0.25, -0.2) is 0 Å². The fraction of sp³-hybridized carbons (Fsp3) is 0.400. The summed E-state index contributed by atoms with van der Waals surface area (Å²) in [4.78, 5) is 8.55. The van der Waals surface area contributed by atoms with E-state index in [4.69, 9.17) is 4.74 Å². The maximum absolute atomic E-state index is 12.5. The Morgan fingerprint density at radius 3 is 2.50 bits per heavy atom. The van der Waals surface area contributed by atoms with Crippen LogP contribution in [-0.4, -0.2) is 48.4 Å². The molecule has 0 fully saturated rings. The van der Waals surface area contributed by atoms with Crippen molar-refractivity contribution >= 4 is 29.9 Å². The van der Waals surface area contributed by atoms with Gasteiger partial charge in [0.15, 0.2) is 5.96 Å². The maximum atomic E-state index is 12.5. The van der Waals surface area contributed by atoms with Crippen molar-refractivity contribution in [1.29, 1.82) is 0 Å². The largest absolute Gasteiger partial charge is 0.491 e. The molecule has 1 atom stereocenters. The predicted molar refractivity (Wildman–Crippen MR) is 120 cm³/mol. The molecule has 0 aliphatic rings. The molecule has 3 N–H and O–H groups in total. The van der Waals surface area contributed by atoms with Crippen LogP contribution in [0.25, 0.3) is 0 Å². The Morgan fingerprint density at radius 2 is 1.90 bits per heavy atom. The van der Waals surface area contributed by atoms with Crippen LogP contribution < -0.4 is 15.4 Å². The Bertz CT molecular complexity index is 759. The van der Waals surface area contributed by atoms with Crippen LogP contribution in [0.15, 0.2) is 53.7 Å². The number of aliphatic hydroxyl groups excluding tert-OH is 1. The number of aliphatic imine (C=N–C) groups is 1. The molecule has 1 unspecified atom stereocenters. The van der Waals surface area contributed by atoms with Gasteiger partial charge in [-0.15, -0.1) is 24.0 Å². The quantitative estimate of drug-likeness (QED) is 0.260. The molecule has 0 amide bonds. The van der Waals surface area contributed by atoms with Crippen LogP contribution in [0.4, 0.5) is 13.2 Å². The normalized spacial score (nSPS) is 12.6. The third-order valence-electron chi connectivity index (χ3n) is 3.83. The van der Waals surface area contributed by atoms with E-state index in [2.05, 4.69) is 20.6 Å². The first-order chi connectivity index (χ1) is 13.9. The van der Waals surface area contributed by atoms with E-state index in [0.29, 0.717) is 19.0 Å². The van der Waals surface area contributed by atoms with Crippen LogP contribution in [0.1, 0.15) is 18.2 Å². The summed E-state index contributed by atoms with van der Waals surface area (Å²) in [5.74, 6) is 0.804. The molecule has 6 nitrogen and oxygen atoms in total. The van der Waals surface area contributed by atoms with Gasteiger partial charge in [0.2, 0.25) is 0 Å². The summed E-state index contributed by atoms with van der Waals surface area (Å²) >= 11 is 0. The van der Waals surface area contributed by atoms with Crippen molar-refractivity contribution in [2.75, 3.05) is 26.2 Å². The maximum Gasteiger partial charge on any atom is 0.416 e. The monoisotopic (exact) mass is 538 g/mol. The van der Waals surface area contributed by atoms with Crippen LogP contribution in [0.3, 0.4) is 0 Å². The second-order valence-corrected chi connectivity index (χ2v) is 6.20. The second-order valence-electron chi connectivity index (χ2n) is 6.20. The molecule has 2 aromatic rings. The third-order valence-corrected chi connectivity index (χ3v) is 3.83. The standard InChI is InChI=1S/C20H25F3N4O2.HI/c1-2-24-19(26-12-10-16-5-3-4-11-25-16)27-13-17(28)14-29-18-8-6-15(7-9-18)20(21,22)23;/h3-9,11,17,28H,2,10,12-14H2,1H3,(H2,24,26,27);1H. The third kappa shape index (κ3) is 9.61. The first-order valence-electron chi connectivity index (χ1n) is 9.28. The fourth-order valence-electron chi connectivity index (χ4n) is 2.38. The summed E-state index contributed by atoms with van der Waals surface area (Å²) in [6.07, 6.45) is -2.82. The number of nitrogens with one attached hydrogen (secondary N) is 2. The van der Waals surface area contributed by atoms with Gasteiger partial charge in [-0.2, -0.15) is 13.2 Å². The minimum Gasteiger partial charge on any atom is -0.491 e. The van der Waals surface area contributed by atoms with E-state index in [1.165, 1.54) is 12.1 Å². The number of hydrogen-bond acceptors (Lipinski definition) is 4. The molecule has 0 aliphatic carbocycles. The summed E-state index contributed by atoms with van der Waals surface area (Å²) in [6, 6.07) is 10.0. The number of rotatable bonds is 9. The lowest BCUT2D eigenvalue weighted by Crippen LogP contribution is -2.39. The minimum absolute atomic E-state index is 0. The van der Waals surface area contributed by atoms with E-state index in [0.717, 1.165) is 24.2 Å². The predicted octanol–water partition coefficient (Wildman–Crippen LogP) is 3.26. The molecule has 2 rings (SSSR count). The number of alkyl halides is 3. The van der Waals surface area contributed by atoms with Crippen LogP contribution in [0, 0.1) is 0 Å². The molecule has 0 spiro atoms. The van der Waals surface area contributed by atoms with Crippen LogP contribution >= 0.6 is 24.0 Å². The molecule has 1 heterocycles. The lowest BCUT2D eigenvalue weighted by molar-refractivity contribution is -0.137. The Morgan fingerprint density at radius 1 is 1.17 bits per heavy atom. The highest BCUT2D eigenvalue weighted by atomic mass is 127. The molecule has 30 heavy (non-hydrogen) atoms. The molecule has 0 aliphatic heterocycles. The number of aliphatic hydroxyl groups is 1. The minimum atomic E-state index is -4.39. The lowest BCUT2D eigenvalue weighted by Gasteiger charge is -2.14. The van der Waals surface area contributed by atoms with E-state index in [1.807, 2.05) is 25.1 Å². The van der Waals surface area contributed by atoms with Crippen molar-refractivity contribution in [3.63, 3.8) is 0 Å². The number of hydrogen-bond donors (Lipinski definition) is 3. The molecule has 166 valence electrons. The van der Waals surface area contributed by atoms with E-state index >= 15 is 0 Å². The number of ether oxygens (including phenoxy) is 1. The van der Waals surface area contributed by atoms with Crippen LogP contribution in [0.2, 0.25) is 0 Å². The first-order valence-corrected chi connectivity index (χ1v) is 9.28. The zero-order chi connectivity index (χ0) is 21.1. The Kier molecular flexibility index (Phi) is 11.5. The molecular formula is C20H26F3IN4O2. The van der Waals surface area contributed by atoms with Gasteiger partial charge in [0.25, 0.3) is 0 Å². The molecule has 1 aromatic heterocycles. The van der Waals surface area contributed by atoms with E-state index < -0.39 is 17.8 Å². The van der Waals surface area contributed by atoms with Crippen LogP contribution in [-0.2, 0) is 12.6 Å². The smallest absolute Gasteiger partial charge is 0.416 e. The number of benzene rings is 1. The topological polar surface area (TPSA) is 78.8 Å². The van der Waals surface area contributed by atoms with Gasteiger partial charge in [0.1, 0.15) is 18.5 Å². The SMILES string of the molecule is CCNC(=NCC(O)COc1ccc(C(F)(F)F)cc1)NCCc1ccccn1.I. The number of aromatic nitrogens is 1. The highest BCUT2D eigenvalue weighted by Gasteiger charge is 2.30. The summed E-state index contributed by atoms with van der Waals surface area (Å²) in [6.45, 7) is 3.22. The van der Waals surface area contributed by atoms with E-state index in [9.17, 15) is 18.3 Å². The zero-order valence-electron chi connectivity index (χ0n) is 16.5. The van der Waals surface area contributed by atoms with Crippen molar-refractivity contribution in [3.05, 3.63) is 59.9 Å². The van der Waals surface area contributed by atoms with Gasteiger partial charge in [-0.1, -0.05) is 6.07 Å². The van der Waals surface area contributed by atoms with Gasteiger partial charge in [0, 0.05) is 31.4 Å². The molecule has 1 aromatic carbocycles. The molecule has 10 heteroatoms. The van der Waals surface area contributed by atoms with Crippen molar-refractivity contribution in [2.45, 2.75) is 25.6 Å². The van der Waals surface area contributed by atoms with Crippen molar-refractivity contribution < 1.29 is 23.0 Å². The fourth-order valence-corrected chi connectivity index (χ4v) is 2.38. The summed E-state index contributed by atoms with van der Waals surface area (Å²) in [7, 11) is 0. The van der Waals surface area contributed by atoms with Crippen molar-refractivity contribution in [1.82, 2.24) is 15.6 Å². The molecule has 0 saturated carbocycles. The Balaban J connectivity index is 0.00000450. The molecule has 0 radical (unpaired) electrons. The molecule has 0 bridgehead atoms. The number of guanidine groups is 1. The average Bonchev–Trinajstić information content (AvgIpc) is 2.71. The molecule has 0 saturated heterocycles. The summed E-state index contributed by atoms with van der Waals surface area (Å²) in [5, 5.41) is 16.3. The number of halogens is 4. The van der Waals surface area contributed by atoms with E-state index in [1.54, 1.807) is 6.20 Å². The highest BCUT2D eigenvalue weighted by Crippen LogP contribution is 2.30. The lowest BCUT2D eigenvalue weighted by atomic mass is 10.2. The number of pyridine rings is 1. The van der Waals surface area contributed by atoms with E-state index in [-0.39, 0.29) is 42.9 Å². The zero-order valence-corrected chi connectivity index (χ0v) is 18.9. The van der Waals surface area contributed by atoms with Gasteiger partial charge in [0.05, 0.1) is 12.1 Å². The van der Waals surface area contributed by atoms with Crippen LogP contribution in [0.5, 0.6) is 5.75 Å². The molecular weight excluding hydrogens is 512 g/mol. The Labute approximate surface area is 191 Å². The van der Waals surface area contributed by atoms with Crippen molar-refractivity contribution in [3.8, 4) is 5.75 Å². The number of nitrogens with zero attached hydrogens (tertiary/aromatic N) is 2. The summed E-state index contributed by atoms with van der Waals surface area (Å²) < 4.78 is 43.0. The van der Waals surface area contributed by atoms with Crippen molar-refractivity contribution in [2.24, 2.45) is 4.99 Å². The second kappa shape index (κ2) is 13.3. The average molecular weight is 538 g/mol. The summed E-state index contributed by atoms with van der Waals surface area (Å²) in [5.41, 5.74) is 0.211. The van der Waals surface area contributed by atoms with Gasteiger partial charge in [-0.3, -0.25) is 9.98 Å². The van der Waals surface area contributed by atoms with Gasteiger partial charge in [-0.05, 0) is 43.3 Å². The Hall–Kier alpha value is -2.08. The van der Waals surface area contributed by atoms with Gasteiger partial charge < -0.3 is 20.5 Å².